The molecule has 30 heavy (non-hydrogen) atoms. The number of cyclic esters (lactones) is 1. The number of ether oxygens (including phenoxy) is 2. The highest BCUT2D eigenvalue weighted by Crippen LogP contribution is 2.23. The van der Waals surface area contributed by atoms with Gasteiger partial charge in [0, 0.05) is 29.0 Å². The second-order valence-corrected chi connectivity index (χ2v) is 7.48. The van der Waals surface area contributed by atoms with Crippen LogP contribution in [-0.4, -0.2) is 30.1 Å². The number of nitrogens with zero attached hydrogens (tertiary/aromatic N) is 2. The van der Waals surface area contributed by atoms with Crippen molar-refractivity contribution in [1.82, 2.24) is 10.3 Å². The van der Waals surface area contributed by atoms with Gasteiger partial charge in [-0.25, -0.2) is 9.78 Å². The number of carbonyl (C=O) groups excluding carboxylic acids is 2. The lowest BCUT2D eigenvalue weighted by molar-refractivity contribution is 0.0950. The Bertz CT molecular complexity index is 1070. The highest BCUT2D eigenvalue weighted by atomic mass is 79.9. The number of halogens is 1. The molecule has 0 radical (unpaired) electrons. The molecule has 152 valence electrons. The first-order valence-corrected chi connectivity index (χ1v) is 10.1. The third-order valence-electron chi connectivity index (χ3n) is 4.45. The lowest BCUT2D eigenvalue weighted by Crippen LogP contribution is -2.25. The van der Waals surface area contributed by atoms with Crippen LogP contribution in [0.2, 0.25) is 0 Å². The van der Waals surface area contributed by atoms with E-state index in [1.165, 1.54) is 6.20 Å². The number of anilines is 1. The Morgan fingerprint density at radius 3 is 2.77 bits per heavy atom. The van der Waals surface area contributed by atoms with Crippen molar-refractivity contribution in [2.45, 2.75) is 6.54 Å². The van der Waals surface area contributed by atoms with Crippen LogP contribution in [0.5, 0.6) is 11.6 Å². The van der Waals surface area contributed by atoms with E-state index in [4.69, 9.17) is 9.47 Å². The maximum Gasteiger partial charge on any atom is 0.414 e. The normalized spacial score (nSPS) is 13.1. The van der Waals surface area contributed by atoms with Crippen LogP contribution < -0.4 is 15.0 Å². The minimum atomic E-state index is -0.354. The van der Waals surface area contributed by atoms with Gasteiger partial charge in [-0.2, -0.15) is 0 Å². The van der Waals surface area contributed by atoms with Crippen molar-refractivity contribution in [2.75, 3.05) is 18.1 Å². The fourth-order valence-corrected chi connectivity index (χ4v) is 3.35. The van der Waals surface area contributed by atoms with Crippen LogP contribution in [0.15, 0.2) is 71.3 Å². The number of nitrogens with one attached hydrogen (secondary N) is 1. The number of aromatic nitrogens is 1. The van der Waals surface area contributed by atoms with E-state index in [-0.39, 0.29) is 12.0 Å². The summed E-state index contributed by atoms with van der Waals surface area (Å²) in [6, 6.07) is 18.2. The third-order valence-corrected chi connectivity index (χ3v) is 4.95. The number of pyridine rings is 1. The van der Waals surface area contributed by atoms with Crippen molar-refractivity contribution >= 4 is 33.6 Å². The number of benzene rings is 2. The molecular weight excluding hydrogens is 450 g/mol. The predicted molar refractivity (Wildman–Crippen MR) is 115 cm³/mol. The Morgan fingerprint density at radius 1 is 1.17 bits per heavy atom. The van der Waals surface area contributed by atoms with Crippen LogP contribution in [0.1, 0.15) is 15.9 Å². The fourth-order valence-electron chi connectivity index (χ4n) is 2.97. The molecule has 0 spiro atoms. The molecule has 7 nitrogen and oxygen atoms in total. The Kier molecular flexibility index (Phi) is 5.94. The maximum absolute atomic E-state index is 12.4. The molecule has 0 unspecified atom stereocenters. The first-order valence-electron chi connectivity index (χ1n) is 9.29. The highest BCUT2D eigenvalue weighted by molar-refractivity contribution is 9.10. The van der Waals surface area contributed by atoms with Crippen LogP contribution in [-0.2, 0) is 11.3 Å². The Labute approximate surface area is 181 Å². The number of hydrogen-bond donors (Lipinski definition) is 1. The predicted octanol–water partition coefficient (Wildman–Crippen LogP) is 4.52. The fraction of sp³-hybridized carbons (Fsp3) is 0.136. The first-order chi connectivity index (χ1) is 14.6. The summed E-state index contributed by atoms with van der Waals surface area (Å²) in [5, 5.41) is 2.86. The standard InChI is InChI=1S/C22H18BrN3O4/c23-17-4-2-6-19(12-17)30-20-8-7-16(14-24-20)21(27)25-13-15-3-1-5-18(11-15)26-9-10-29-22(26)28/h1-8,11-12,14H,9-10,13H2,(H,25,27). The largest absolute Gasteiger partial charge is 0.447 e. The summed E-state index contributed by atoms with van der Waals surface area (Å²) in [7, 11) is 0. The maximum atomic E-state index is 12.4. The van der Waals surface area contributed by atoms with Gasteiger partial charge in [-0.15, -0.1) is 0 Å². The van der Waals surface area contributed by atoms with Gasteiger partial charge >= 0.3 is 6.09 Å². The van der Waals surface area contributed by atoms with Crippen molar-refractivity contribution in [3.05, 3.63) is 82.5 Å². The van der Waals surface area contributed by atoms with Crippen LogP contribution in [0.25, 0.3) is 0 Å². The van der Waals surface area contributed by atoms with E-state index in [2.05, 4.69) is 26.2 Å². The van der Waals surface area contributed by atoms with E-state index >= 15 is 0 Å². The molecule has 3 aromatic rings. The van der Waals surface area contributed by atoms with E-state index in [0.29, 0.717) is 36.9 Å². The molecule has 1 N–H and O–H groups in total. The summed E-state index contributed by atoms with van der Waals surface area (Å²) in [6.07, 6.45) is 1.12. The summed E-state index contributed by atoms with van der Waals surface area (Å²) in [5.74, 6) is 0.799. The topological polar surface area (TPSA) is 80.8 Å². The Morgan fingerprint density at radius 2 is 2.03 bits per heavy atom. The number of hydrogen-bond acceptors (Lipinski definition) is 5. The molecule has 2 amide bonds. The van der Waals surface area contributed by atoms with Crippen LogP contribution in [0.3, 0.4) is 0 Å². The van der Waals surface area contributed by atoms with Gasteiger partial charge in [-0.3, -0.25) is 9.69 Å². The molecule has 2 aromatic carbocycles. The monoisotopic (exact) mass is 467 g/mol. The van der Waals surface area contributed by atoms with Crippen molar-refractivity contribution in [3.63, 3.8) is 0 Å². The van der Waals surface area contributed by atoms with Crippen LogP contribution in [0.4, 0.5) is 10.5 Å². The number of rotatable bonds is 6. The van der Waals surface area contributed by atoms with E-state index in [1.54, 1.807) is 17.0 Å². The van der Waals surface area contributed by atoms with Gasteiger partial charge in [0.2, 0.25) is 5.88 Å². The van der Waals surface area contributed by atoms with Gasteiger partial charge in [-0.05, 0) is 42.0 Å². The molecule has 0 bridgehead atoms. The van der Waals surface area contributed by atoms with Gasteiger partial charge < -0.3 is 14.8 Å². The van der Waals surface area contributed by atoms with E-state index in [0.717, 1.165) is 15.7 Å². The summed E-state index contributed by atoms with van der Waals surface area (Å²) in [4.78, 5) is 29.9. The molecule has 1 aliphatic rings. The molecule has 2 heterocycles. The lowest BCUT2D eigenvalue weighted by Gasteiger charge is -2.14. The Balaban J connectivity index is 1.35. The van der Waals surface area contributed by atoms with Crippen molar-refractivity contribution in [1.29, 1.82) is 0 Å². The first kappa shape index (κ1) is 19.9. The van der Waals surface area contributed by atoms with Gasteiger partial charge in [0.1, 0.15) is 12.4 Å². The molecule has 0 aliphatic carbocycles. The average molecular weight is 468 g/mol. The Hall–Kier alpha value is -3.39. The van der Waals surface area contributed by atoms with Crippen molar-refractivity contribution in [3.8, 4) is 11.6 Å². The molecule has 1 aromatic heterocycles. The molecule has 4 rings (SSSR count). The summed E-state index contributed by atoms with van der Waals surface area (Å²) >= 11 is 3.39. The second kappa shape index (κ2) is 8.96. The van der Waals surface area contributed by atoms with E-state index in [1.807, 2.05) is 48.5 Å². The van der Waals surface area contributed by atoms with E-state index in [9.17, 15) is 9.59 Å². The van der Waals surface area contributed by atoms with Crippen molar-refractivity contribution < 1.29 is 19.1 Å². The van der Waals surface area contributed by atoms with Gasteiger partial charge in [0.15, 0.2) is 0 Å². The molecule has 0 atom stereocenters. The van der Waals surface area contributed by atoms with E-state index < -0.39 is 0 Å². The third kappa shape index (κ3) is 4.77. The van der Waals surface area contributed by atoms with Gasteiger partial charge in [-0.1, -0.05) is 34.1 Å². The average Bonchev–Trinajstić information content (AvgIpc) is 3.19. The summed E-state index contributed by atoms with van der Waals surface area (Å²) in [6.45, 7) is 1.23. The smallest absolute Gasteiger partial charge is 0.414 e. The summed E-state index contributed by atoms with van der Waals surface area (Å²) in [5.41, 5.74) is 2.05. The quantitative estimate of drug-likeness (QED) is 0.576. The SMILES string of the molecule is O=C(NCc1cccc(N2CCOC2=O)c1)c1ccc(Oc2cccc(Br)c2)nc1. The van der Waals surface area contributed by atoms with Crippen LogP contribution >= 0.6 is 15.9 Å². The minimum Gasteiger partial charge on any atom is -0.447 e. The minimum absolute atomic E-state index is 0.248. The molecule has 1 saturated heterocycles. The molecule has 1 fully saturated rings. The molecular formula is C22H18BrN3O4. The zero-order valence-corrected chi connectivity index (χ0v) is 17.5. The molecule has 8 heteroatoms. The second-order valence-electron chi connectivity index (χ2n) is 6.56. The number of amides is 2. The number of carbonyl (C=O) groups is 2. The molecule has 1 aliphatic heterocycles. The lowest BCUT2D eigenvalue weighted by atomic mass is 10.2. The van der Waals surface area contributed by atoms with Crippen LogP contribution in [0, 0.1) is 0 Å². The zero-order valence-electron chi connectivity index (χ0n) is 15.9. The van der Waals surface area contributed by atoms with Gasteiger partial charge in [0.05, 0.1) is 12.1 Å². The summed E-state index contributed by atoms with van der Waals surface area (Å²) < 4.78 is 11.5. The zero-order chi connectivity index (χ0) is 20.9. The highest BCUT2D eigenvalue weighted by Gasteiger charge is 2.23. The molecule has 0 saturated carbocycles. The van der Waals surface area contributed by atoms with Gasteiger partial charge in [0.25, 0.3) is 5.91 Å². The van der Waals surface area contributed by atoms with Crippen molar-refractivity contribution in [2.24, 2.45) is 0 Å².